The zero-order valence-electron chi connectivity index (χ0n) is 11.4. The van der Waals surface area contributed by atoms with E-state index in [2.05, 4.69) is 26.6 Å². The van der Waals surface area contributed by atoms with Gasteiger partial charge in [0.1, 0.15) is 11.6 Å². The fraction of sp³-hybridized carbons (Fsp3) is 0.267. The highest BCUT2D eigenvalue weighted by Crippen LogP contribution is 2.32. The molecule has 2 heterocycles. The Morgan fingerprint density at radius 3 is 2.86 bits per heavy atom. The molecule has 0 aliphatic carbocycles. The number of hydrogen-bond acceptors (Lipinski definition) is 3. The Kier molecular flexibility index (Phi) is 3.82. The number of halogens is 2. The minimum absolute atomic E-state index is 0.0743. The van der Waals surface area contributed by atoms with Crippen molar-refractivity contribution in [3.63, 3.8) is 0 Å². The van der Waals surface area contributed by atoms with Crippen molar-refractivity contribution in [1.82, 2.24) is 5.32 Å². The highest BCUT2D eigenvalue weighted by atomic mass is 79.9. The maximum absolute atomic E-state index is 14.4. The van der Waals surface area contributed by atoms with Gasteiger partial charge in [-0.1, -0.05) is 0 Å². The van der Waals surface area contributed by atoms with Crippen LogP contribution >= 0.6 is 15.9 Å². The van der Waals surface area contributed by atoms with Gasteiger partial charge in [0.05, 0.1) is 6.04 Å². The monoisotopic (exact) mass is 352 g/mol. The molecule has 0 bridgehead atoms. The van der Waals surface area contributed by atoms with Gasteiger partial charge in [0.25, 0.3) is 0 Å². The fourth-order valence-electron chi connectivity index (χ4n) is 2.58. The summed E-state index contributed by atoms with van der Waals surface area (Å²) in [6.07, 6.45) is 1.04. The van der Waals surface area contributed by atoms with Crippen molar-refractivity contribution in [1.29, 1.82) is 0 Å². The van der Waals surface area contributed by atoms with Crippen molar-refractivity contribution in [2.45, 2.75) is 18.9 Å². The molecule has 1 aliphatic heterocycles. The van der Waals surface area contributed by atoms with Crippen molar-refractivity contribution in [2.24, 2.45) is 0 Å². The van der Waals surface area contributed by atoms with Crippen molar-refractivity contribution < 1.29 is 13.6 Å². The van der Waals surface area contributed by atoms with E-state index >= 15 is 0 Å². The molecule has 1 aromatic carbocycles. The van der Waals surface area contributed by atoms with Gasteiger partial charge in [0.2, 0.25) is 5.91 Å². The lowest BCUT2D eigenvalue weighted by atomic mass is 9.95. The average Bonchev–Trinajstić information content (AvgIpc) is 2.87. The molecule has 0 fully saturated rings. The van der Waals surface area contributed by atoms with Crippen LogP contribution < -0.4 is 10.6 Å². The molecule has 4 nitrogen and oxygen atoms in total. The predicted octanol–water partition coefficient (Wildman–Crippen LogP) is 3.37. The first-order chi connectivity index (χ1) is 10.1. The van der Waals surface area contributed by atoms with E-state index in [-0.39, 0.29) is 17.8 Å². The Bertz CT molecular complexity index is 699. The summed E-state index contributed by atoms with van der Waals surface area (Å²) in [5.74, 6) is 0.181. The second kappa shape index (κ2) is 5.61. The van der Waals surface area contributed by atoms with Gasteiger partial charge in [-0.25, -0.2) is 4.39 Å². The van der Waals surface area contributed by atoms with Crippen LogP contribution in [0.15, 0.2) is 33.4 Å². The van der Waals surface area contributed by atoms with E-state index in [1.807, 2.05) is 0 Å². The zero-order valence-corrected chi connectivity index (χ0v) is 13.0. The van der Waals surface area contributed by atoms with Crippen LogP contribution in [0.1, 0.15) is 29.3 Å². The lowest BCUT2D eigenvalue weighted by molar-refractivity contribution is -0.116. The van der Waals surface area contributed by atoms with Gasteiger partial charge in [-0.15, -0.1) is 0 Å². The highest BCUT2D eigenvalue weighted by Gasteiger charge is 2.23. The fourth-order valence-corrected chi connectivity index (χ4v) is 2.90. The number of benzene rings is 1. The van der Waals surface area contributed by atoms with E-state index in [9.17, 15) is 9.18 Å². The van der Waals surface area contributed by atoms with Crippen molar-refractivity contribution >= 4 is 27.5 Å². The number of anilines is 1. The van der Waals surface area contributed by atoms with Gasteiger partial charge >= 0.3 is 0 Å². The minimum atomic E-state index is -0.376. The summed E-state index contributed by atoms with van der Waals surface area (Å²) < 4.78 is 20.5. The number of nitrogens with one attached hydrogen (secondary N) is 2. The predicted molar refractivity (Wildman–Crippen MR) is 80.7 cm³/mol. The zero-order chi connectivity index (χ0) is 15.0. The third-order valence-electron chi connectivity index (χ3n) is 3.60. The number of furan rings is 1. The van der Waals surface area contributed by atoms with Crippen LogP contribution in [0.3, 0.4) is 0 Å². The maximum atomic E-state index is 14.4. The molecule has 0 saturated heterocycles. The van der Waals surface area contributed by atoms with Gasteiger partial charge in [-0.2, -0.15) is 0 Å². The molecule has 2 N–H and O–H groups in total. The lowest BCUT2D eigenvalue weighted by Gasteiger charge is -2.21. The van der Waals surface area contributed by atoms with E-state index in [1.165, 1.54) is 6.07 Å². The Labute approximate surface area is 129 Å². The Morgan fingerprint density at radius 2 is 2.19 bits per heavy atom. The van der Waals surface area contributed by atoms with Gasteiger partial charge in [-0.05, 0) is 59.2 Å². The summed E-state index contributed by atoms with van der Waals surface area (Å²) >= 11 is 3.25. The largest absolute Gasteiger partial charge is 0.452 e. The average molecular weight is 353 g/mol. The molecule has 0 saturated carbocycles. The smallest absolute Gasteiger partial charge is 0.224 e. The molecule has 1 aliphatic rings. The summed E-state index contributed by atoms with van der Waals surface area (Å²) in [6, 6.07) is 6.37. The molecule has 1 aromatic heterocycles. The second-order valence-electron chi connectivity index (χ2n) is 4.94. The first-order valence-electron chi connectivity index (χ1n) is 6.63. The second-order valence-corrected chi connectivity index (χ2v) is 5.72. The summed E-state index contributed by atoms with van der Waals surface area (Å²) in [7, 11) is 1.75. The number of fused-ring (bicyclic) bond motifs is 1. The molecule has 1 amide bonds. The van der Waals surface area contributed by atoms with Crippen molar-refractivity contribution in [3.8, 4) is 0 Å². The quantitative estimate of drug-likeness (QED) is 0.890. The van der Waals surface area contributed by atoms with Crippen LogP contribution in [-0.2, 0) is 11.2 Å². The Morgan fingerprint density at radius 1 is 1.38 bits per heavy atom. The highest BCUT2D eigenvalue weighted by molar-refractivity contribution is 9.10. The number of hydrogen-bond donors (Lipinski definition) is 2. The maximum Gasteiger partial charge on any atom is 0.224 e. The van der Waals surface area contributed by atoms with E-state index < -0.39 is 0 Å². The molecule has 21 heavy (non-hydrogen) atoms. The van der Waals surface area contributed by atoms with Crippen LogP contribution in [0.25, 0.3) is 0 Å². The molecular formula is C15H14BrFN2O2. The van der Waals surface area contributed by atoms with Gasteiger partial charge in [0.15, 0.2) is 4.67 Å². The van der Waals surface area contributed by atoms with Crippen LogP contribution in [-0.4, -0.2) is 13.0 Å². The Balaban J connectivity index is 2.03. The molecule has 0 radical (unpaired) electrons. The normalized spacial score (nSPS) is 15.5. The van der Waals surface area contributed by atoms with Crippen LogP contribution in [0, 0.1) is 5.82 Å². The molecule has 1 unspecified atom stereocenters. The first-order valence-corrected chi connectivity index (χ1v) is 7.42. The number of amides is 1. The third-order valence-corrected chi connectivity index (χ3v) is 4.02. The van der Waals surface area contributed by atoms with Gasteiger partial charge in [-0.3, -0.25) is 4.79 Å². The SMILES string of the molecule is CNC(c1ccc(Br)o1)c1cc2c(cc1F)NC(=O)CC2. The number of carbonyl (C=O) groups is 1. The molecule has 0 spiro atoms. The third kappa shape index (κ3) is 2.73. The minimum Gasteiger partial charge on any atom is -0.452 e. The lowest BCUT2D eigenvalue weighted by Crippen LogP contribution is -2.22. The van der Waals surface area contributed by atoms with Crippen LogP contribution in [0.2, 0.25) is 0 Å². The van der Waals surface area contributed by atoms with Crippen molar-refractivity contribution in [2.75, 3.05) is 12.4 Å². The molecule has 2 aromatic rings. The van der Waals surface area contributed by atoms with Gasteiger partial charge < -0.3 is 15.1 Å². The molecule has 3 rings (SSSR count). The number of rotatable bonds is 3. The molecule has 1 atom stereocenters. The van der Waals surface area contributed by atoms with E-state index in [0.717, 1.165) is 5.56 Å². The first kappa shape index (κ1) is 14.3. The van der Waals surface area contributed by atoms with E-state index in [0.29, 0.717) is 34.5 Å². The summed E-state index contributed by atoms with van der Waals surface area (Å²) in [5, 5.41) is 5.76. The molecular weight excluding hydrogens is 339 g/mol. The van der Waals surface area contributed by atoms with Crippen molar-refractivity contribution in [3.05, 3.63) is 51.6 Å². The number of aryl methyl sites for hydroxylation is 1. The summed E-state index contributed by atoms with van der Waals surface area (Å²) in [4.78, 5) is 11.4. The van der Waals surface area contributed by atoms with Crippen LogP contribution in [0.4, 0.5) is 10.1 Å². The summed E-state index contributed by atoms with van der Waals surface area (Å²) in [6.45, 7) is 0. The number of carbonyl (C=O) groups excluding carboxylic acids is 1. The summed E-state index contributed by atoms with van der Waals surface area (Å²) in [5.41, 5.74) is 2.01. The molecule has 6 heteroatoms. The Hall–Kier alpha value is -1.66. The van der Waals surface area contributed by atoms with Gasteiger partial charge in [0, 0.05) is 17.7 Å². The van der Waals surface area contributed by atoms with E-state index in [1.54, 1.807) is 25.2 Å². The topological polar surface area (TPSA) is 54.3 Å². The van der Waals surface area contributed by atoms with Crippen LogP contribution in [0.5, 0.6) is 0 Å². The van der Waals surface area contributed by atoms with E-state index in [4.69, 9.17) is 4.42 Å². The molecule has 110 valence electrons. The standard InChI is InChI=1S/C15H14BrFN2O2/c1-18-15(12-3-4-13(16)21-12)9-6-8-2-5-14(20)19-11(8)7-10(9)17/h3-4,6-7,15,18H,2,5H2,1H3,(H,19,20).